The average Bonchev–Trinajstić information content (AvgIpc) is 2.81. The van der Waals surface area contributed by atoms with E-state index in [0.29, 0.717) is 23.6 Å². The molecule has 1 aliphatic heterocycles. The number of halogens is 2. The number of carbonyl (C=O) groups excluding carboxylic acids is 1. The molecule has 4 nitrogen and oxygen atoms in total. The van der Waals surface area contributed by atoms with E-state index in [-0.39, 0.29) is 24.9 Å². The molecule has 1 fully saturated rings. The number of likely N-dealkylation sites (tertiary alicyclic amines) is 1. The highest BCUT2D eigenvalue weighted by Crippen LogP contribution is 2.22. The van der Waals surface area contributed by atoms with Gasteiger partial charge in [-0.1, -0.05) is 17.7 Å². The first-order valence-corrected chi connectivity index (χ1v) is 6.15. The van der Waals surface area contributed by atoms with E-state index in [0.717, 1.165) is 5.56 Å². The van der Waals surface area contributed by atoms with Crippen LogP contribution in [0, 0.1) is 12.8 Å². The van der Waals surface area contributed by atoms with Crippen LogP contribution in [0.5, 0.6) is 0 Å². The van der Waals surface area contributed by atoms with Crippen LogP contribution in [0.25, 0.3) is 0 Å². The molecule has 1 unspecified atom stereocenters. The van der Waals surface area contributed by atoms with E-state index in [1.807, 2.05) is 6.92 Å². The minimum absolute atomic E-state index is 0. The van der Waals surface area contributed by atoms with Gasteiger partial charge in [-0.2, -0.15) is 0 Å². The first-order valence-electron chi connectivity index (χ1n) is 5.77. The standard InChI is InChI=1S/C13H14ClNO3.ClH/c1-8-2-3-9(6-11(8)14)12(16)15-5-4-10(7-15)13(17)18;/h2-3,6,10H,4-5,7H2,1H3,(H,17,18);1H. The monoisotopic (exact) mass is 303 g/mol. The molecule has 104 valence electrons. The first kappa shape index (κ1) is 15.8. The molecule has 0 aromatic heterocycles. The Labute approximate surface area is 122 Å². The topological polar surface area (TPSA) is 57.6 Å². The van der Waals surface area contributed by atoms with Crippen LogP contribution < -0.4 is 0 Å². The molecular formula is C13H15Cl2NO3. The van der Waals surface area contributed by atoms with Gasteiger partial charge < -0.3 is 10.0 Å². The molecule has 1 aromatic carbocycles. The van der Waals surface area contributed by atoms with Crippen molar-refractivity contribution in [2.24, 2.45) is 5.92 Å². The number of carbonyl (C=O) groups is 2. The third kappa shape index (κ3) is 3.39. The van der Waals surface area contributed by atoms with Crippen LogP contribution in [-0.4, -0.2) is 35.0 Å². The molecule has 1 amide bonds. The number of hydrogen-bond acceptors (Lipinski definition) is 2. The van der Waals surface area contributed by atoms with E-state index in [1.54, 1.807) is 23.1 Å². The Bertz CT molecular complexity index is 505. The summed E-state index contributed by atoms with van der Waals surface area (Å²) in [5.41, 5.74) is 1.43. The lowest BCUT2D eigenvalue weighted by atomic mass is 10.1. The van der Waals surface area contributed by atoms with Gasteiger partial charge in [-0.05, 0) is 31.0 Å². The molecule has 0 aliphatic carbocycles. The summed E-state index contributed by atoms with van der Waals surface area (Å²) in [7, 11) is 0. The minimum atomic E-state index is -0.841. The van der Waals surface area contributed by atoms with Crippen LogP contribution in [0.4, 0.5) is 0 Å². The van der Waals surface area contributed by atoms with Crippen molar-refractivity contribution in [2.45, 2.75) is 13.3 Å². The summed E-state index contributed by atoms with van der Waals surface area (Å²) in [6.07, 6.45) is 0.515. The van der Waals surface area contributed by atoms with E-state index in [4.69, 9.17) is 16.7 Å². The normalized spacial score (nSPS) is 18.0. The van der Waals surface area contributed by atoms with E-state index >= 15 is 0 Å². The van der Waals surface area contributed by atoms with Crippen LogP contribution in [0.15, 0.2) is 18.2 Å². The fourth-order valence-electron chi connectivity index (χ4n) is 2.05. The zero-order valence-corrected chi connectivity index (χ0v) is 12.0. The lowest BCUT2D eigenvalue weighted by molar-refractivity contribution is -0.141. The summed E-state index contributed by atoms with van der Waals surface area (Å²) in [5.74, 6) is -1.44. The fraction of sp³-hybridized carbons (Fsp3) is 0.385. The molecule has 1 N–H and O–H groups in total. The minimum Gasteiger partial charge on any atom is -0.481 e. The molecule has 1 atom stereocenters. The van der Waals surface area contributed by atoms with Crippen molar-refractivity contribution in [1.82, 2.24) is 4.90 Å². The molecule has 6 heteroatoms. The zero-order valence-electron chi connectivity index (χ0n) is 10.4. The first-order chi connectivity index (χ1) is 8.49. The lowest BCUT2D eigenvalue weighted by Gasteiger charge is -2.16. The van der Waals surface area contributed by atoms with Crippen LogP contribution >= 0.6 is 24.0 Å². The molecule has 0 saturated carbocycles. The van der Waals surface area contributed by atoms with Gasteiger partial charge in [0.1, 0.15) is 0 Å². The molecule has 0 bridgehead atoms. The lowest BCUT2D eigenvalue weighted by Crippen LogP contribution is -2.29. The van der Waals surface area contributed by atoms with Crippen LogP contribution in [0.1, 0.15) is 22.3 Å². The highest BCUT2D eigenvalue weighted by molar-refractivity contribution is 6.31. The molecule has 0 spiro atoms. The highest BCUT2D eigenvalue weighted by Gasteiger charge is 2.31. The SMILES string of the molecule is Cc1ccc(C(=O)N2CCC(C(=O)O)C2)cc1Cl.Cl. The Hall–Kier alpha value is -1.26. The van der Waals surface area contributed by atoms with Crippen molar-refractivity contribution in [3.8, 4) is 0 Å². The average molecular weight is 304 g/mol. The van der Waals surface area contributed by atoms with Gasteiger partial charge >= 0.3 is 5.97 Å². The molecule has 19 heavy (non-hydrogen) atoms. The summed E-state index contributed by atoms with van der Waals surface area (Å²) in [6.45, 7) is 2.63. The van der Waals surface area contributed by atoms with Gasteiger partial charge in [0.15, 0.2) is 0 Å². The highest BCUT2D eigenvalue weighted by atomic mass is 35.5. The zero-order chi connectivity index (χ0) is 13.3. The molecule has 1 saturated heterocycles. The molecule has 1 aliphatic rings. The van der Waals surface area contributed by atoms with Gasteiger partial charge in [-0.15, -0.1) is 12.4 Å². The Balaban J connectivity index is 0.00000180. The predicted octanol–water partition coefficient (Wildman–Crippen LogP) is 2.62. The van der Waals surface area contributed by atoms with Gasteiger partial charge in [-0.25, -0.2) is 0 Å². The second kappa shape index (κ2) is 6.26. The van der Waals surface area contributed by atoms with Crippen molar-refractivity contribution in [1.29, 1.82) is 0 Å². The van der Waals surface area contributed by atoms with E-state index in [1.165, 1.54) is 0 Å². The molecule has 0 radical (unpaired) electrons. The van der Waals surface area contributed by atoms with E-state index < -0.39 is 11.9 Å². The van der Waals surface area contributed by atoms with Gasteiger partial charge in [0.2, 0.25) is 0 Å². The molecule has 1 aromatic rings. The Morgan fingerprint density at radius 2 is 2.11 bits per heavy atom. The van der Waals surface area contributed by atoms with E-state index in [2.05, 4.69) is 0 Å². The van der Waals surface area contributed by atoms with Gasteiger partial charge in [0.25, 0.3) is 5.91 Å². The van der Waals surface area contributed by atoms with E-state index in [9.17, 15) is 9.59 Å². The van der Waals surface area contributed by atoms with Crippen molar-refractivity contribution in [2.75, 3.05) is 13.1 Å². The maximum absolute atomic E-state index is 12.2. The third-order valence-corrected chi connectivity index (χ3v) is 3.65. The predicted molar refractivity (Wildman–Crippen MR) is 75.1 cm³/mol. The van der Waals surface area contributed by atoms with Gasteiger partial charge in [-0.3, -0.25) is 9.59 Å². The summed E-state index contributed by atoms with van der Waals surface area (Å²) in [4.78, 5) is 24.6. The number of hydrogen-bond donors (Lipinski definition) is 1. The number of amides is 1. The van der Waals surface area contributed by atoms with Crippen molar-refractivity contribution in [3.63, 3.8) is 0 Å². The second-order valence-corrected chi connectivity index (χ2v) is 4.95. The van der Waals surface area contributed by atoms with Gasteiger partial charge in [0.05, 0.1) is 5.92 Å². The largest absolute Gasteiger partial charge is 0.481 e. The number of aliphatic carboxylic acids is 1. The fourth-order valence-corrected chi connectivity index (χ4v) is 2.24. The maximum Gasteiger partial charge on any atom is 0.308 e. The third-order valence-electron chi connectivity index (χ3n) is 3.24. The number of rotatable bonds is 2. The number of carboxylic acid groups (broad SMARTS) is 1. The van der Waals surface area contributed by atoms with Crippen molar-refractivity contribution >= 4 is 35.9 Å². The second-order valence-electron chi connectivity index (χ2n) is 4.54. The summed E-state index contributed by atoms with van der Waals surface area (Å²) in [5, 5.41) is 9.46. The van der Waals surface area contributed by atoms with Crippen LogP contribution in [-0.2, 0) is 4.79 Å². The van der Waals surface area contributed by atoms with Gasteiger partial charge in [0, 0.05) is 23.7 Å². The number of benzene rings is 1. The number of aryl methyl sites for hydroxylation is 1. The Kier molecular flexibility index (Phi) is 5.20. The number of nitrogens with zero attached hydrogens (tertiary/aromatic N) is 1. The summed E-state index contributed by atoms with van der Waals surface area (Å²) < 4.78 is 0. The quantitative estimate of drug-likeness (QED) is 0.913. The van der Waals surface area contributed by atoms with Crippen LogP contribution in [0.2, 0.25) is 5.02 Å². The van der Waals surface area contributed by atoms with Crippen molar-refractivity contribution in [3.05, 3.63) is 34.3 Å². The summed E-state index contributed by atoms with van der Waals surface area (Å²) >= 11 is 5.98. The molecule has 1 heterocycles. The smallest absolute Gasteiger partial charge is 0.308 e. The number of carboxylic acids is 1. The van der Waals surface area contributed by atoms with Crippen molar-refractivity contribution < 1.29 is 14.7 Å². The summed E-state index contributed by atoms with van der Waals surface area (Å²) in [6, 6.07) is 5.14. The Morgan fingerprint density at radius 1 is 1.42 bits per heavy atom. The maximum atomic E-state index is 12.2. The Morgan fingerprint density at radius 3 is 2.63 bits per heavy atom. The van der Waals surface area contributed by atoms with Crippen LogP contribution in [0.3, 0.4) is 0 Å². The molecule has 2 rings (SSSR count). The molecular weight excluding hydrogens is 289 g/mol.